The van der Waals surface area contributed by atoms with Crippen molar-refractivity contribution >= 4 is 11.9 Å². The van der Waals surface area contributed by atoms with Gasteiger partial charge in [-0.1, -0.05) is 62.2 Å². The van der Waals surface area contributed by atoms with Crippen LogP contribution in [0.4, 0.5) is 8.78 Å². The molecular weight excluding hydrogens is 416 g/mol. The van der Waals surface area contributed by atoms with Crippen LogP contribution in [0.1, 0.15) is 63.9 Å². The molecule has 1 unspecified atom stereocenters. The summed E-state index contributed by atoms with van der Waals surface area (Å²) in [4.78, 5) is 23.8. The van der Waals surface area contributed by atoms with E-state index in [4.69, 9.17) is 5.11 Å². The van der Waals surface area contributed by atoms with Crippen molar-refractivity contribution in [3.63, 3.8) is 0 Å². The third-order valence-corrected chi connectivity index (χ3v) is 6.06. The van der Waals surface area contributed by atoms with Crippen LogP contribution < -0.4 is 0 Å². The lowest BCUT2D eigenvalue weighted by Crippen LogP contribution is -2.36. The van der Waals surface area contributed by atoms with Crippen LogP contribution in [0.15, 0.2) is 42.5 Å². The Labute approximate surface area is 189 Å². The summed E-state index contributed by atoms with van der Waals surface area (Å²) in [5.41, 5.74) is 1.25. The van der Waals surface area contributed by atoms with Crippen LogP contribution in [0.2, 0.25) is 0 Å². The zero-order valence-electron chi connectivity index (χ0n) is 18.8. The van der Waals surface area contributed by atoms with Crippen molar-refractivity contribution in [3.8, 4) is 0 Å². The molecule has 1 amide bonds. The van der Waals surface area contributed by atoms with Gasteiger partial charge in [0, 0.05) is 19.4 Å². The van der Waals surface area contributed by atoms with E-state index < -0.39 is 36.4 Å². The monoisotopic (exact) mass is 451 g/mol. The normalized spacial score (nSPS) is 20.1. The van der Waals surface area contributed by atoms with Crippen LogP contribution in [0.25, 0.3) is 0 Å². The topological polar surface area (TPSA) is 77.8 Å². The summed E-state index contributed by atoms with van der Waals surface area (Å²) in [6.45, 7) is 2.14. The molecule has 1 fully saturated rings. The number of aryl methyl sites for hydroxylation is 1. The van der Waals surface area contributed by atoms with E-state index in [-0.39, 0.29) is 18.9 Å². The second-order valence-corrected chi connectivity index (χ2v) is 8.76. The second kappa shape index (κ2) is 12.7. The van der Waals surface area contributed by atoms with E-state index in [2.05, 4.69) is 12.1 Å². The molecule has 1 aliphatic rings. The van der Waals surface area contributed by atoms with Gasteiger partial charge in [0.05, 0.1) is 12.1 Å². The smallest absolute Gasteiger partial charge is 0.327 e. The van der Waals surface area contributed by atoms with E-state index in [0.717, 1.165) is 19.3 Å². The number of carbonyl (C=O) groups is 2. The second-order valence-electron chi connectivity index (χ2n) is 8.76. The van der Waals surface area contributed by atoms with E-state index in [1.807, 2.05) is 25.1 Å². The minimum absolute atomic E-state index is 0.0183. The van der Waals surface area contributed by atoms with Gasteiger partial charge in [-0.05, 0) is 43.6 Å². The van der Waals surface area contributed by atoms with E-state index in [9.17, 15) is 23.5 Å². The highest BCUT2D eigenvalue weighted by molar-refractivity contribution is 5.86. The van der Waals surface area contributed by atoms with Gasteiger partial charge in [0.15, 0.2) is 0 Å². The highest BCUT2D eigenvalue weighted by Gasteiger charge is 2.52. The summed E-state index contributed by atoms with van der Waals surface area (Å²) >= 11 is 0. The number of carboxylic acid groups (broad SMARTS) is 1. The Balaban J connectivity index is 1.81. The number of nitrogens with zero attached hydrogens (tertiary/aromatic N) is 1. The summed E-state index contributed by atoms with van der Waals surface area (Å²) in [6.07, 6.45) is 6.95. The zero-order valence-corrected chi connectivity index (χ0v) is 18.8. The summed E-state index contributed by atoms with van der Waals surface area (Å²) < 4.78 is 28.0. The maximum atomic E-state index is 14.0. The van der Waals surface area contributed by atoms with Crippen molar-refractivity contribution in [2.75, 3.05) is 6.54 Å². The summed E-state index contributed by atoms with van der Waals surface area (Å²) in [5.74, 6) is -5.42. The first-order valence-corrected chi connectivity index (χ1v) is 11.5. The van der Waals surface area contributed by atoms with Crippen LogP contribution in [-0.4, -0.2) is 51.6 Å². The van der Waals surface area contributed by atoms with Crippen LogP contribution in [0, 0.1) is 5.92 Å². The SMILES string of the molecule is C[C@H](CCCc1ccccc1)[C@H](O)C=CC1CC(F)(F)C(=O)N1CCCCCCC(=O)O. The number of halogens is 2. The number of likely N-dealkylation sites (tertiary alicyclic amines) is 1. The first-order chi connectivity index (χ1) is 15.2. The van der Waals surface area contributed by atoms with Gasteiger partial charge in [0.2, 0.25) is 0 Å². The molecule has 5 nitrogen and oxygen atoms in total. The average molecular weight is 452 g/mol. The van der Waals surface area contributed by atoms with Gasteiger partial charge in [-0.3, -0.25) is 9.59 Å². The van der Waals surface area contributed by atoms with Crippen LogP contribution in [0.5, 0.6) is 0 Å². The first-order valence-electron chi connectivity index (χ1n) is 11.5. The van der Waals surface area contributed by atoms with E-state index in [1.165, 1.54) is 10.5 Å². The van der Waals surface area contributed by atoms with Gasteiger partial charge in [0.1, 0.15) is 0 Å². The molecule has 7 heteroatoms. The summed E-state index contributed by atoms with van der Waals surface area (Å²) in [5, 5.41) is 19.1. The fourth-order valence-electron chi connectivity index (χ4n) is 4.05. The number of aliphatic hydroxyl groups excluding tert-OH is 1. The Bertz CT molecular complexity index is 754. The maximum Gasteiger partial charge on any atom is 0.327 e. The number of hydrogen-bond donors (Lipinski definition) is 2. The van der Waals surface area contributed by atoms with Crippen molar-refractivity contribution in [3.05, 3.63) is 48.0 Å². The van der Waals surface area contributed by atoms with Crippen molar-refractivity contribution < 1.29 is 28.6 Å². The van der Waals surface area contributed by atoms with Gasteiger partial charge in [-0.25, -0.2) is 0 Å². The van der Waals surface area contributed by atoms with Gasteiger partial charge in [-0.15, -0.1) is 0 Å². The van der Waals surface area contributed by atoms with Gasteiger partial charge in [-0.2, -0.15) is 8.78 Å². The maximum absolute atomic E-state index is 14.0. The molecule has 0 aliphatic carbocycles. The standard InChI is InChI=1S/C25H35F2NO4/c1-19(10-9-13-20-11-5-4-6-12-20)22(29)16-15-21-18-25(26,27)24(32)28(21)17-8-3-2-7-14-23(30)31/h4-6,11-12,15-16,19,21-22,29H,2-3,7-10,13-14,17-18H2,1H3,(H,30,31)/t19-,21?,22-/m1/s1. The number of carboxylic acids is 1. The Hall–Kier alpha value is -2.28. The lowest BCUT2D eigenvalue weighted by molar-refractivity contribution is -0.148. The molecule has 178 valence electrons. The Morgan fingerprint density at radius 2 is 1.88 bits per heavy atom. The third kappa shape index (κ3) is 8.34. The van der Waals surface area contributed by atoms with Crippen molar-refractivity contribution in [1.29, 1.82) is 0 Å². The van der Waals surface area contributed by atoms with Gasteiger partial charge in [0.25, 0.3) is 5.91 Å². The number of hydrogen-bond acceptors (Lipinski definition) is 3. The highest BCUT2D eigenvalue weighted by atomic mass is 19.3. The Kier molecular flexibility index (Phi) is 10.3. The number of benzene rings is 1. The van der Waals surface area contributed by atoms with Gasteiger partial charge < -0.3 is 15.1 Å². The molecule has 0 aromatic heterocycles. The van der Waals surface area contributed by atoms with Crippen molar-refractivity contribution in [2.24, 2.45) is 5.92 Å². The number of amides is 1. The predicted molar refractivity (Wildman–Crippen MR) is 119 cm³/mol. The predicted octanol–water partition coefficient (Wildman–Crippen LogP) is 4.83. The molecule has 0 saturated carbocycles. The van der Waals surface area contributed by atoms with Crippen LogP contribution >= 0.6 is 0 Å². The number of rotatable bonds is 14. The van der Waals surface area contributed by atoms with E-state index >= 15 is 0 Å². The number of alkyl halides is 2. The average Bonchev–Trinajstić information content (AvgIpc) is 2.97. The molecular formula is C25H35F2NO4. The lowest BCUT2D eigenvalue weighted by atomic mass is 9.95. The molecule has 1 heterocycles. The minimum Gasteiger partial charge on any atom is -0.481 e. The minimum atomic E-state index is -3.38. The summed E-state index contributed by atoms with van der Waals surface area (Å²) in [7, 11) is 0. The zero-order chi connectivity index (χ0) is 23.6. The Morgan fingerprint density at radius 3 is 2.56 bits per heavy atom. The number of carbonyl (C=O) groups excluding carboxylic acids is 1. The van der Waals surface area contributed by atoms with E-state index in [1.54, 1.807) is 12.2 Å². The molecule has 0 bridgehead atoms. The Morgan fingerprint density at radius 1 is 1.19 bits per heavy atom. The molecule has 1 aromatic carbocycles. The number of aliphatic hydroxyl groups is 1. The molecule has 0 spiro atoms. The molecule has 1 aromatic rings. The van der Waals surface area contributed by atoms with Crippen LogP contribution in [0.3, 0.4) is 0 Å². The van der Waals surface area contributed by atoms with Gasteiger partial charge >= 0.3 is 11.9 Å². The third-order valence-electron chi connectivity index (χ3n) is 6.06. The first kappa shape index (κ1) is 26.0. The van der Waals surface area contributed by atoms with Crippen molar-refractivity contribution in [1.82, 2.24) is 4.90 Å². The fraction of sp³-hybridized carbons (Fsp3) is 0.600. The van der Waals surface area contributed by atoms with Crippen molar-refractivity contribution in [2.45, 2.75) is 82.8 Å². The molecule has 1 saturated heterocycles. The summed E-state index contributed by atoms with van der Waals surface area (Å²) in [6, 6.07) is 9.37. The molecule has 2 rings (SSSR count). The largest absolute Gasteiger partial charge is 0.481 e. The molecule has 1 aliphatic heterocycles. The number of unbranched alkanes of at least 4 members (excludes halogenated alkanes) is 3. The highest BCUT2D eigenvalue weighted by Crippen LogP contribution is 2.34. The number of aliphatic carboxylic acids is 1. The lowest BCUT2D eigenvalue weighted by Gasteiger charge is -2.22. The quantitative estimate of drug-likeness (QED) is 0.314. The molecule has 0 radical (unpaired) electrons. The fourth-order valence-corrected chi connectivity index (χ4v) is 4.05. The molecule has 2 N–H and O–H groups in total. The molecule has 3 atom stereocenters. The van der Waals surface area contributed by atoms with Crippen LogP contribution in [-0.2, 0) is 16.0 Å². The van der Waals surface area contributed by atoms with E-state index in [0.29, 0.717) is 25.7 Å². The molecule has 32 heavy (non-hydrogen) atoms.